The Morgan fingerprint density at radius 1 is 1.22 bits per heavy atom. The van der Waals surface area contributed by atoms with Gasteiger partial charge in [0.15, 0.2) is 0 Å². The van der Waals surface area contributed by atoms with Crippen LogP contribution in [-0.4, -0.2) is 37.2 Å². The van der Waals surface area contributed by atoms with Crippen molar-refractivity contribution in [1.82, 2.24) is 4.90 Å². The molecule has 1 aromatic rings. The molecule has 3 heteroatoms. The van der Waals surface area contributed by atoms with E-state index in [1.807, 2.05) is 12.1 Å². The molecule has 0 radical (unpaired) electrons. The van der Waals surface area contributed by atoms with Gasteiger partial charge in [-0.3, -0.25) is 0 Å². The minimum atomic E-state index is 0.482. The number of ether oxygens (including phenoxy) is 1. The van der Waals surface area contributed by atoms with Crippen molar-refractivity contribution in [3.8, 4) is 0 Å². The van der Waals surface area contributed by atoms with Gasteiger partial charge in [0.2, 0.25) is 0 Å². The summed E-state index contributed by atoms with van der Waals surface area (Å²) >= 11 is 0. The van der Waals surface area contributed by atoms with Crippen LogP contribution in [0, 0.1) is 0 Å². The summed E-state index contributed by atoms with van der Waals surface area (Å²) in [6.45, 7) is 4.45. The molecule has 2 aliphatic rings. The van der Waals surface area contributed by atoms with Gasteiger partial charge in [0.05, 0.1) is 6.10 Å². The van der Waals surface area contributed by atoms with E-state index in [1.165, 1.54) is 37.9 Å². The van der Waals surface area contributed by atoms with Crippen molar-refractivity contribution in [2.24, 2.45) is 0 Å². The summed E-state index contributed by atoms with van der Waals surface area (Å²) in [7, 11) is 0. The summed E-state index contributed by atoms with van der Waals surface area (Å²) in [5.41, 5.74) is 8.02. The zero-order valence-corrected chi connectivity index (χ0v) is 10.8. The molecule has 3 nitrogen and oxygen atoms in total. The number of hydrogen-bond donors (Lipinski definition) is 1. The number of hydrogen-bond acceptors (Lipinski definition) is 3. The van der Waals surface area contributed by atoms with Crippen molar-refractivity contribution < 1.29 is 4.74 Å². The van der Waals surface area contributed by atoms with Crippen molar-refractivity contribution in [3.63, 3.8) is 0 Å². The minimum absolute atomic E-state index is 0.482. The molecular weight excluding hydrogens is 224 g/mol. The average molecular weight is 246 g/mol. The van der Waals surface area contributed by atoms with Crippen LogP contribution in [0.2, 0.25) is 0 Å². The highest BCUT2D eigenvalue weighted by Crippen LogP contribution is 2.28. The van der Waals surface area contributed by atoms with E-state index in [0.717, 1.165) is 18.8 Å². The Kier molecular flexibility index (Phi) is 3.52. The van der Waals surface area contributed by atoms with Crippen LogP contribution >= 0.6 is 0 Å². The largest absolute Gasteiger partial charge is 0.399 e. The SMILES string of the molecule is Nc1ccc(C2CCN(CC3CCCO3)C2)cc1. The smallest absolute Gasteiger partial charge is 0.0702 e. The van der Waals surface area contributed by atoms with Crippen molar-refractivity contribution >= 4 is 5.69 Å². The van der Waals surface area contributed by atoms with Crippen LogP contribution in [0.1, 0.15) is 30.7 Å². The van der Waals surface area contributed by atoms with E-state index in [9.17, 15) is 0 Å². The first-order valence-electron chi connectivity index (χ1n) is 7.00. The third-order valence-electron chi connectivity index (χ3n) is 4.17. The van der Waals surface area contributed by atoms with E-state index in [2.05, 4.69) is 17.0 Å². The van der Waals surface area contributed by atoms with Gasteiger partial charge in [-0.2, -0.15) is 0 Å². The number of nitrogens with two attached hydrogens (primary N) is 1. The van der Waals surface area contributed by atoms with E-state index < -0.39 is 0 Å². The lowest BCUT2D eigenvalue weighted by Crippen LogP contribution is -2.30. The predicted molar refractivity (Wildman–Crippen MR) is 73.6 cm³/mol. The zero-order chi connectivity index (χ0) is 12.4. The Morgan fingerprint density at radius 2 is 2.06 bits per heavy atom. The molecule has 0 aliphatic carbocycles. The molecule has 1 aromatic carbocycles. The molecule has 2 aliphatic heterocycles. The summed E-state index contributed by atoms with van der Waals surface area (Å²) in [5, 5.41) is 0. The Labute approximate surface area is 109 Å². The number of nitrogen functional groups attached to an aromatic ring is 1. The molecule has 0 spiro atoms. The molecule has 18 heavy (non-hydrogen) atoms. The number of anilines is 1. The van der Waals surface area contributed by atoms with E-state index >= 15 is 0 Å². The highest BCUT2D eigenvalue weighted by Gasteiger charge is 2.27. The second kappa shape index (κ2) is 5.29. The second-order valence-electron chi connectivity index (χ2n) is 5.55. The summed E-state index contributed by atoms with van der Waals surface area (Å²) in [6, 6.07) is 8.38. The van der Waals surface area contributed by atoms with Gasteiger partial charge in [0.1, 0.15) is 0 Å². The predicted octanol–water partition coefficient (Wildman–Crippen LogP) is 2.24. The van der Waals surface area contributed by atoms with Crippen LogP contribution < -0.4 is 5.73 Å². The number of nitrogens with zero attached hydrogens (tertiary/aromatic N) is 1. The van der Waals surface area contributed by atoms with Crippen LogP contribution in [0.15, 0.2) is 24.3 Å². The molecule has 2 N–H and O–H groups in total. The third kappa shape index (κ3) is 2.68. The first kappa shape index (κ1) is 12.0. The topological polar surface area (TPSA) is 38.5 Å². The monoisotopic (exact) mass is 246 g/mol. The van der Waals surface area contributed by atoms with Gasteiger partial charge in [0, 0.05) is 25.4 Å². The van der Waals surface area contributed by atoms with Gasteiger partial charge in [-0.25, -0.2) is 0 Å². The number of likely N-dealkylation sites (tertiary alicyclic amines) is 1. The van der Waals surface area contributed by atoms with Gasteiger partial charge >= 0.3 is 0 Å². The molecule has 3 rings (SSSR count). The minimum Gasteiger partial charge on any atom is -0.399 e. The van der Waals surface area contributed by atoms with Crippen molar-refractivity contribution in [1.29, 1.82) is 0 Å². The maximum absolute atomic E-state index is 5.73. The molecule has 0 aromatic heterocycles. The summed E-state index contributed by atoms with van der Waals surface area (Å²) < 4.78 is 5.71. The highest BCUT2D eigenvalue weighted by molar-refractivity contribution is 5.40. The maximum atomic E-state index is 5.73. The fraction of sp³-hybridized carbons (Fsp3) is 0.600. The quantitative estimate of drug-likeness (QED) is 0.831. The molecule has 2 atom stereocenters. The van der Waals surface area contributed by atoms with Crippen molar-refractivity contribution in [2.75, 3.05) is 32.0 Å². The van der Waals surface area contributed by atoms with Gasteiger partial charge in [-0.1, -0.05) is 12.1 Å². The van der Waals surface area contributed by atoms with Crippen LogP contribution in [0.3, 0.4) is 0 Å². The van der Waals surface area contributed by atoms with Gasteiger partial charge in [-0.05, 0) is 49.4 Å². The molecule has 2 saturated heterocycles. The highest BCUT2D eigenvalue weighted by atomic mass is 16.5. The molecule has 0 amide bonds. The number of benzene rings is 1. The van der Waals surface area contributed by atoms with Gasteiger partial charge < -0.3 is 15.4 Å². The van der Waals surface area contributed by atoms with Gasteiger partial charge in [-0.15, -0.1) is 0 Å². The first-order valence-corrected chi connectivity index (χ1v) is 7.00. The molecular formula is C15H22N2O. The second-order valence-corrected chi connectivity index (χ2v) is 5.55. The summed E-state index contributed by atoms with van der Waals surface area (Å²) in [4.78, 5) is 2.55. The van der Waals surface area contributed by atoms with Crippen LogP contribution in [0.4, 0.5) is 5.69 Å². The lowest BCUT2D eigenvalue weighted by molar-refractivity contribution is 0.0803. The van der Waals surface area contributed by atoms with E-state index in [4.69, 9.17) is 10.5 Å². The maximum Gasteiger partial charge on any atom is 0.0702 e. The Morgan fingerprint density at radius 3 is 2.78 bits per heavy atom. The molecule has 2 unspecified atom stereocenters. The molecule has 2 fully saturated rings. The van der Waals surface area contributed by atoms with E-state index in [0.29, 0.717) is 12.0 Å². The molecule has 98 valence electrons. The van der Waals surface area contributed by atoms with Crippen molar-refractivity contribution in [3.05, 3.63) is 29.8 Å². The fourth-order valence-electron chi connectivity index (χ4n) is 3.12. The lowest BCUT2D eigenvalue weighted by atomic mass is 9.98. The van der Waals surface area contributed by atoms with E-state index in [1.54, 1.807) is 0 Å². The van der Waals surface area contributed by atoms with Gasteiger partial charge in [0.25, 0.3) is 0 Å². The Balaban J connectivity index is 1.55. The van der Waals surface area contributed by atoms with Crippen LogP contribution in [-0.2, 0) is 4.74 Å². The van der Waals surface area contributed by atoms with Crippen LogP contribution in [0.25, 0.3) is 0 Å². The Bertz CT molecular complexity index is 384. The number of rotatable bonds is 3. The molecule has 0 saturated carbocycles. The standard InChI is InChI=1S/C15H22N2O/c16-14-5-3-12(4-6-14)13-7-8-17(10-13)11-15-2-1-9-18-15/h3-6,13,15H,1-2,7-11,16H2. The summed E-state index contributed by atoms with van der Waals surface area (Å²) in [6.07, 6.45) is 4.22. The molecule has 2 heterocycles. The van der Waals surface area contributed by atoms with Crippen molar-refractivity contribution in [2.45, 2.75) is 31.3 Å². The zero-order valence-electron chi connectivity index (χ0n) is 10.8. The average Bonchev–Trinajstić information content (AvgIpc) is 3.02. The first-order chi connectivity index (χ1) is 8.81. The normalized spacial score (nSPS) is 28.9. The third-order valence-corrected chi connectivity index (χ3v) is 4.17. The van der Waals surface area contributed by atoms with Crippen LogP contribution in [0.5, 0.6) is 0 Å². The summed E-state index contributed by atoms with van der Waals surface area (Å²) in [5.74, 6) is 0.673. The molecule has 0 bridgehead atoms. The lowest BCUT2D eigenvalue weighted by Gasteiger charge is -2.20. The Hall–Kier alpha value is -1.06. The fourth-order valence-corrected chi connectivity index (χ4v) is 3.12. The van der Waals surface area contributed by atoms with E-state index in [-0.39, 0.29) is 0 Å².